The van der Waals surface area contributed by atoms with Gasteiger partial charge in [-0.2, -0.15) is 0 Å². The predicted octanol–water partition coefficient (Wildman–Crippen LogP) is 13.6. The summed E-state index contributed by atoms with van der Waals surface area (Å²) in [4.78, 5) is 22.5. The molecule has 1 aliphatic heterocycles. The first kappa shape index (κ1) is 33.9. The van der Waals surface area contributed by atoms with Crippen LogP contribution in [0, 0.1) is 0 Å². The SMILES string of the molecule is c1ccc(-c2cc(-n3c4ccc(-c5ccccn5)cc4c4c5c(ccc43)-c3ccc(-c4ccccn4)c4cccc(c34)N5c3ccccc3)nc(-c3ccccc3)n2)cc1. The van der Waals surface area contributed by atoms with Gasteiger partial charge in [0.2, 0.25) is 0 Å². The van der Waals surface area contributed by atoms with Gasteiger partial charge in [-0.1, -0.05) is 127 Å². The van der Waals surface area contributed by atoms with E-state index in [1.807, 2.05) is 54.9 Å². The molecular formula is C54H34N6. The molecule has 0 bridgehead atoms. The third kappa shape index (κ3) is 5.35. The zero-order valence-electron chi connectivity index (χ0n) is 32.3. The van der Waals surface area contributed by atoms with Crippen LogP contribution >= 0.6 is 0 Å². The van der Waals surface area contributed by atoms with E-state index in [9.17, 15) is 0 Å². The molecule has 1 aliphatic rings. The highest BCUT2D eigenvalue weighted by Crippen LogP contribution is 2.56. The summed E-state index contributed by atoms with van der Waals surface area (Å²) in [6.45, 7) is 0. The summed E-state index contributed by atoms with van der Waals surface area (Å²) in [5.74, 6) is 1.46. The van der Waals surface area contributed by atoms with Crippen LogP contribution in [-0.4, -0.2) is 24.5 Å². The van der Waals surface area contributed by atoms with Crippen molar-refractivity contribution in [2.75, 3.05) is 4.90 Å². The fourth-order valence-corrected chi connectivity index (χ4v) is 9.01. The summed E-state index contributed by atoms with van der Waals surface area (Å²) in [5, 5.41) is 4.60. The lowest BCUT2D eigenvalue weighted by atomic mass is 9.86. The molecule has 4 aromatic heterocycles. The van der Waals surface area contributed by atoms with Gasteiger partial charge in [0.15, 0.2) is 5.82 Å². The van der Waals surface area contributed by atoms with Crippen molar-refractivity contribution >= 4 is 49.6 Å². The third-order valence-corrected chi connectivity index (χ3v) is 11.6. The van der Waals surface area contributed by atoms with Crippen molar-refractivity contribution in [1.29, 1.82) is 0 Å². The van der Waals surface area contributed by atoms with E-state index in [1.54, 1.807) is 0 Å². The van der Waals surface area contributed by atoms with Crippen molar-refractivity contribution in [1.82, 2.24) is 24.5 Å². The van der Waals surface area contributed by atoms with Gasteiger partial charge < -0.3 is 4.90 Å². The molecule has 7 aromatic carbocycles. The Morgan fingerprint density at radius 2 is 1.05 bits per heavy atom. The number of para-hydroxylation sites is 1. The molecule has 5 heterocycles. The van der Waals surface area contributed by atoms with E-state index in [1.165, 1.54) is 10.9 Å². The number of fused-ring (bicyclic) bond motifs is 6. The Morgan fingerprint density at radius 1 is 0.383 bits per heavy atom. The molecule has 0 atom stereocenters. The molecule has 12 rings (SSSR count). The van der Waals surface area contributed by atoms with Crippen molar-refractivity contribution in [3.05, 3.63) is 207 Å². The summed E-state index contributed by atoms with van der Waals surface area (Å²) in [6, 6.07) is 68.1. The normalized spacial score (nSPS) is 12.0. The Morgan fingerprint density at radius 3 is 1.80 bits per heavy atom. The molecule has 6 heteroatoms. The molecule has 0 amide bonds. The van der Waals surface area contributed by atoms with Crippen molar-refractivity contribution in [2.45, 2.75) is 0 Å². The van der Waals surface area contributed by atoms with E-state index in [-0.39, 0.29) is 0 Å². The molecule has 0 N–H and O–H groups in total. The number of pyridine rings is 2. The minimum Gasteiger partial charge on any atom is -0.309 e. The third-order valence-electron chi connectivity index (χ3n) is 11.6. The fraction of sp³-hybridized carbons (Fsp3) is 0. The minimum absolute atomic E-state index is 0.667. The van der Waals surface area contributed by atoms with Gasteiger partial charge in [-0.3, -0.25) is 14.5 Å². The topological polar surface area (TPSA) is 59.7 Å². The Hall–Kier alpha value is -8.22. The maximum absolute atomic E-state index is 5.37. The molecule has 11 aromatic rings. The molecule has 0 aliphatic carbocycles. The minimum atomic E-state index is 0.667. The summed E-state index contributed by atoms with van der Waals surface area (Å²) >= 11 is 0. The van der Waals surface area contributed by atoms with Crippen molar-refractivity contribution < 1.29 is 0 Å². The van der Waals surface area contributed by atoms with Gasteiger partial charge in [0, 0.05) is 68.1 Å². The zero-order valence-corrected chi connectivity index (χ0v) is 32.3. The molecule has 0 saturated carbocycles. The highest BCUT2D eigenvalue weighted by Gasteiger charge is 2.31. The van der Waals surface area contributed by atoms with Gasteiger partial charge in [0.05, 0.1) is 39.5 Å². The second kappa shape index (κ2) is 13.7. The van der Waals surface area contributed by atoms with E-state index in [0.29, 0.717) is 5.82 Å². The standard InChI is InChI=1S/C54H34N6/c1-4-15-35(16-5-1)46-34-50(58-54(57-46)36-17-6-2-7-18-36)60-47-29-25-37(44-22-10-12-31-55-44)33-43(47)52-49(60)30-28-42-41-27-26-39(45-23-11-13-32-56-45)40-21-14-24-48(51(40)41)59(53(42)52)38-19-8-3-9-20-38/h1-34H. The molecule has 0 radical (unpaired) electrons. The largest absolute Gasteiger partial charge is 0.309 e. The van der Waals surface area contributed by atoms with E-state index in [4.69, 9.17) is 19.9 Å². The predicted molar refractivity (Wildman–Crippen MR) is 245 cm³/mol. The molecule has 6 nitrogen and oxygen atoms in total. The number of benzene rings is 7. The monoisotopic (exact) mass is 766 g/mol. The Labute approximate surface area is 346 Å². The highest BCUT2D eigenvalue weighted by atomic mass is 15.2. The summed E-state index contributed by atoms with van der Waals surface area (Å²) in [7, 11) is 0. The van der Waals surface area contributed by atoms with Crippen molar-refractivity contribution in [3.63, 3.8) is 0 Å². The first-order valence-electron chi connectivity index (χ1n) is 20.1. The Balaban J connectivity index is 1.21. The van der Waals surface area contributed by atoms with Crippen LogP contribution in [0.25, 0.3) is 94.7 Å². The number of hydrogen-bond donors (Lipinski definition) is 0. The van der Waals surface area contributed by atoms with Gasteiger partial charge in [-0.05, 0) is 71.6 Å². The summed E-state index contributed by atoms with van der Waals surface area (Å²) < 4.78 is 2.32. The first-order valence-corrected chi connectivity index (χ1v) is 20.1. The average Bonchev–Trinajstić information content (AvgIpc) is 3.67. The van der Waals surface area contributed by atoms with Crippen LogP contribution < -0.4 is 4.90 Å². The lowest BCUT2D eigenvalue weighted by Gasteiger charge is -2.34. The Kier molecular flexibility index (Phi) is 7.74. The lowest BCUT2D eigenvalue weighted by Crippen LogP contribution is -2.15. The number of hydrogen-bond acceptors (Lipinski definition) is 5. The quantitative estimate of drug-likeness (QED) is 0.169. The first-order chi connectivity index (χ1) is 29.8. The molecule has 0 saturated heterocycles. The summed E-state index contributed by atoms with van der Waals surface area (Å²) in [5.41, 5.74) is 14.6. The Bertz CT molecular complexity index is 3350. The van der Waals surface area contributed by atoms with Crippen LogP contribution in [0.4, 0.5) is 17.1 Å². The molecule has 0 unspecified atom stereocenters. The van der Waals surface area contributed by atoms with E-state index >= 15 is 0 Å². The number of aromatic nitrogens is 5. The number of anilines is 3. The smallest absolute Gasteiger partial charge is 0.162 e. The molecule has 0 spiro atoms. The van der Waals surface area contributed by atoms with Crippen LogP contribution in [0.3, 0.4) is 0 Å². The second-order valence-electron chi connectivity index (χ2n) is 15.1. The van der Waals surface area contributed by atoms with E-state index in [0.717, 1.165) is 95.0 Å². The molecule has 60 heavy (non-hydrogen) atoms. The van der Waals surface area contributed by atoms with Crippen LogP contribution in [0.5, 0.6) is 0 Å². The molecule has 280 valence electrons. The van der Waals surface area contributed by atoms with Gasteiger partial charge in [0.25, 0.3) is 0 Å². The van der Waals surface area contributed by atoms with Gasteiger partial charge in [-0.25, -0.2) is 9.97 Å². The highest BCUT2D eigenvalue weighted by molar-refractivity contribution is 6.26. The van der Waals surface area contributed by atoms with E-state index in [2.05, 4.69) is 161 Å². The fourth-order valence-electron chi connectivity index (χ4n) is 9.01. The lowest BCUT2D eigenvalue weighted by molar-refractivity contribution is 1.05. The maximum Gasteiger partial charge on any atom is 0.162 e. The van der Waals surface area contributed by atoms with Gasteiger partial charge in [-0.15, -0.1) is 0 Å². The van der Waals surface area contributed by atoms with Gasteiger partial charge in [0.1, 0.15) is 5.82 Å². The van der Waals surface area contributed by atoms with Crippen LogP contribution in [0.2, 0.25) is 0 Å². The zero-order chi connectivity index (χ0) is 39.6. The van der Waals surface area contributed by atoms with E-state index < -0.39 is 0 Å². The second-order valence-corrected chi connectivity index (χ2v) is 15.1. The van der Waals surface area contributed by atoms with Gasteiger partial charge >= 0.3 is 0 Å². The average molecular weight is 767 g/mol. The maximum atomic E-state index is 5.37. The van der Waals surface area contributed by atoms with Crippen LogP contribution in [-0.2, 0) is 0 Å². The number of nitrogens with zero attached hydrogens (tertiary/aromatic N) is 6. The molecular weight excluding hydrogens is 733 g/mol. The van der Waals surface area contributed by atoms with Crippen LogP contribution in [0.15, 0.2) is 207 Å². The summed E-state index contributed by atoms with van der Waals surface area (Å²) in [6.07, 6.45) is 3.72. The van der Waals surface area contributed by atoms with Crippen molar-refractivity contribution in [3.8, 4) is 62.1 Å². The van der Waals surface area contributed by atoms with Crippen LogP contribution in [0.1, 0.15) is 0 Å². The number of rotatable bonds is 6. The molecule has 0 fully saturated rings. The van der Waals surface area contributed by atoms with Crippen molar-refractivity contribution in [2.24, 2.45) is 0 Å².